The molecular formula is C13H10IN. The lowest BCUT2D eigenvalue weighted by Crippen LogP contribution is -1.82. The molecule has 1 aromatic carbocycles. The first-order valence-electron chi connectivity index (χ1n) is 4.68. The van der Waals surface area contributed by atoms with Gasteiger partial charge in [0.2, 0.25) is 0 Å². The van der Waals surface area contributed by atoms with Gasteiger partial charge in [-0.1, -0.05) is 52.9 Å². The Balaban J connectivity index is 2.53. The molecule has 0 N–H and O–H groups in total. The fourth-order valence-corrected chi connectivity index (χ4v) is 1.88. The van der Waals surface area contributed by atoms with Crippen LogP contribution in [0.5, 0.6) is 0 Å². The summed E-state index contributed by atoms with van der Waals surface area (Å²) < 4.78 is 2.02. The van der Waals surface area contributed by atoms with Crippen LogP contribution in [0, 0.1) is 0 Å². The van der Waals surface area contributed by atoms with Gasteiger partial charge < -0.3 is 0 Å². The fourth-order valence-electron chi connectivity index (χ4n) is 1.50. The van der Waals surface area contributed by atoms with Crippen LogP contribution in [-0.2, 0) is 0 Å². The van der Waals surface area contributed by atoms with E-state index in [4.69, 9.17) is 0 Å². The Morgan fingerprint density at radius 1 is 1.07 bits per heavy atom. The smallest absolute Gasteiger partial charge is 0.0346 e. The van der Waals surface area contributed by atoms with E-state index in [1.807, 2.05) is 28.5 Å². The van der Waals surface area contributed by atoms with Crippen LogP contribution >= 0.6 is 22.6 Å². The fraction of sp³-hybridized carbons (Fsp3) is 0. The molecule has 0 aliphatic carbocycles. The predicted octanol–water partition coefficient (Wildman–Crippen LogP) is 4.15. The molecule has 0 saturated carbocycles. The molecule has 2 aromatic rings. The van der Waals surface area contributed by atoms with Crippen LogP contribution in [0.3, 0.4) is 0 Å². The molecule has 1 aromatic heterocycles. The first kappa shape index (κ1) is 10.4. The molecule has 1 heterocycles. The van der Waals surface area contributed by atoms with Crippen LogP contribution in [0.15, 0.2) is 52.9 Å². The minimum absolute atomic E-state index is 1.16. The second-order valence-corrected chi connectivity index (χ2v) is 3.84. The van der Waals surface area contributed by atoms with Crippen molar-refractivity contribution in [1.82, 2.24) is 4.98 Å². The summed E-state index contributed by atoms with van der Waals surface area (Å²) in [6.07, 6.45) is 5.78. The van der Waals surface area contributed by atoms with E-state index in [2.05, 4.69) is 51.8 Å². The van der Waals surface area contributed by atoms with Gasteiger partial charge in [-0.15, -0.1) is 0 Å². The van der Waals surface area contributed by atoms with Crippen LogP contribution in [0.25, 0.3) is 17.2 Å². The normalized spacial score (nSPS) is 10.7. The molecule has 0 amide bonds. The number of rotatable bonds is 2. The van der Waals surface area contributed by atoms with Gasteiger partial charge in [0.05, 0.1) is 0 Å². The van der Waals surface area contributed by atoms with E-state index in [1.165, 1.54) is 11.1 Å². The number of nitrogens with zero attached hydrogens (tertiary/aromatic N) is 1. The van der Waals surface area contributed by atoms with E-state index in [1.54, 1.807) is 6.20 Å². The van der Waals surface area contributed by atoms with Crippen molar-refractivity contribution in [3.63, 3.8) is 0 Å². The molecule has 15 heavy (non-hydrogen) atoms. The quantitative estimate of drug-likeness (QED) is 0.759. The highest BCUT2D eigenvalue weighted by atomic mass is 127. The maximum Gasteiger partial charge on any atom is 0.0346 e. The van der Waals surface area contributed by atoms with Crippen molar-refractivity contribution in [2.75, 3.05) is 0 Å². The van der Waals surface area contributed by atoms with Crippen LogP contribution in [0.4, 0.5) is 0 Å². The largest absolute Gasteiger partial charge is 0.264 e. The second kappa shape index (κ2) is 5.07. The molecule has 0 bridgehead atoms. The van der Waals surface area contributed by atoms with Gasteiger partial charge in [-0.3, -0.25) is 4.98 Å². The van der Waals surface area contributed by atoms with Crippen LogP contribution in [-0.4, -0.2) is 4.98 Å². The lowest BCUT2D eigenvalue weighted by Gasteiger charge is -2.04. The maximum atomic E-state index is 4.14. The lowest BCUT2D eigenvalue weighted by molar-refractivity contribution is 1.33. The molecule has 0 aliphatic heterocycles. The van der Waals surface area contributed by atoms with Gasteiger partial charge in [0, 0.05) is 18.0 Å². The monoisotopic (exact) mass is 307 g/mol. The molecular weight excluding hydrogens is 297 g/mol. The first-order valence-corrected chi connectivity index (χ1v) is 5.92. The molecule has 2 heteroatoms. The molecule has 0 fully saturated rings. The summed E-state index contributed by atoms with van der Waals surface area (Å²) in [5.74, 6) is 0. The van der Waals surface area contributed by atoms with Crippen molar-refractivity contribution in [2.45, 2.75) is 0 Å². The minimum Gasteiger partial charge on any atom is -0.264 e. The van der Waals surface area contributed by atoms with Crippen LogP contribution < -0.4 is 0 Å². The summed E-state index contributed by atoms with van der Waals surface area (Å²) >= 11 is 2.23. The Labute approximate surface area is 103 Å². The average Bonchev–Trinajstić information content (AvgIpc) is 2.31. The summed E-state index contributed by atoms with van der Waals surface area (Å²) in [6, 6.07) is 12.4. The summed E-state index contributed by atoms with van der Waals surface area (Å²) in [5.41, 5.74) is 3.60. The van der Waals surface area contributed by atoms with Crippen LogP contribution in [0.2, 0.25) is 0 Å². The van der Waals surface area contributed by atoms with Gasteiger partial charge in [-0.05, 0) is 27.4 Å². The van der Waals surface area contributed by atoms with E-state index >= 15 is 0 Å². The molecule has 0 saturated heterocycles. The minimum atomic E-state index is 1.16. The zero-order valence-electron chi connectivity index (χ0n) is 8.10. The van der Waals surface area contributed by atoms with Crippen molar-refractivity contribution in [3.8, 4) is 11.1 Å². The summed E-state index contributed by atoms with van der Waals surface area (Å²) in [5, 5.41) is 0. The van der Waals surface area contributed by atoms with Gasteiger partial charge in [-0.2, -0.15) is 0 Å². The van der Waals surface area contributed by atoms with E-state index < -0.39 is 0 Å². The highest BCUT2D eigenvalue weighted by Crippen LogP contribution is 2.23. The molecule has 0 unspecified atom stereocenters. The Morgan fingerprint density at radius 3 is 2.67 bits per heavy atom. The number of pyridine rings is 1. The number of aromatic nitrogens is 1. The standard InChI is InChI=1S/C13H10IN/c14-8-7-11-4-1-2-6-13(11)12-5-3-9-15-10-12/h1-10H/b8-7+. The number of benzene rings is 1. The third kappa shape index (κ3) is 2.45. The highest BCUT2D eigenvalue weighted by Gasteiger charge is 2.00. The molecule has 2 rings (SSSR count). The van der Waals surface area contributed by atoms with Gasteiger partial charge in [-0.25, -0.2) is 0 Å². The molecule has 0 radical (unpaired) electrons. The third-order valence-electron chi connectivity index (χ3n) is 2.18. The second-order valence-electron chi connectivity index (χ2n) is 3.12. The predicted molar refractivity (Wildman–Crippen MR) is 72.7 cm³/mol. The van der Waals surface area contributed by atoms with Gasteiger partial charge in [0.25, 0.3) is 0 Å². The number of hydrogen-bond donors (Lipinski definition) is 0. The molecule has 0 aliphatic rings. The lowest BCUT2D eigenvalue weighted by atomic mass is 10.0. The first-order chi connectivity index (χ1) is 7.42. The van der Waals surface area contributed by atoms with Crippen molar-refractivity contribution in [3.05, 3.63) is 58.4 Å². The third-order valence-corrected chi connectivity index (χ3v) is 2.54. The van der Waals surface area contributed by atoms with E-state index in [0.717, 1.165) is 5.56 Å². The van der Waals surface area contributed by atoms with Crippen molar-refractivity contribution in [2.24, 2.45) is 0 Å². The Morgan fingerprint density at radius 2 is 1.93 bits per heavy atom. The van der Waals surface area contributed by atoms with Gasteiger partial charge >= 0.3 is 0 Å². The summed E-state index contributed by atoms with van der Waals surface area (Å²) in [6.45, 7) is 0. The zero-order valence-corrected chi connectivity index (χ0v) is 10.3. The Bertz CT molecular complexity index is 463. The van der Waals surface area contributed by atoms with Crippen molar-refractivity contribution in [1.29, 1.82) is 0 Å². The van der Waals surface area contributed by atoms with E-state index in [-0.39, 0.29) is 0 Å². The van der Waals surface area contributed by atoms with E-state index in [9.17, 15) is 0 Å². The van der Waals surface area contributed by atoms with Crippen molar-refractivity contribution < 1.29 is 0 Å². The molecule has 74 valence electrons. The highest BCUT2D eigenvalue weighted by molar-refractivity contribution is 14.1. The Hall–Kier alpha value is -1.16. The zero-order chi connectivity index (χ0) is 10.5. The summed E-state index contributed by atoms with van der Waals surface area (Å²) in [4.78, 5) is 4.14. The Kier molecular flexibility index (Phi) is 3.50. The average molecular weight is 307 g/mol. The molecule has 0 atom stereocenters. The topological polar surface area (TPSA) is 12.9 Å². The summed E-state index contributed by atoms with van der Waals surface area (Å²) in [7, 11) is 0. The molecule has 0 spiro atoms. The van der Waals surface area contributed by atoms with Gasteiger partial charge in [0.15, 0.2) is 0 Å². The van der Waals surface area contributed by atoms with E-state index in [0.29, 0.717) is 0 Å². The number of halogens is 1. The SMILES string of the molecule is I/C=C/c1ccccc1-c1cccnc1. The van der Waals surface area contributed by atoms with Crippen molar-refractivity contribution >= 4 is 28.7 Å². The maximum absolute atomic E-state index is 4.14. The van der Waals surface area contributed by atoms with Gasteiger partial charge in [0.1, 0.15) is 0 Å². The number of hydrogen-bond acceptors (Lipinski definition) is 1. The van der Waals surface area contributed by atoms with Crippen LogP contribution in [0.1, 0.15) is 5.56 Å². The molecule has 1 nitrogen and oxygen atoms in total.